The molecule has 0 saturated carbocycles. The molecule has 0 aliphatic heterocycles. The first-order valence-corrected chi connectivity index (χ1v) is 7.69. The van der Waals surface area contributed by atoms with Crippen molar-refractivity contribution in [2.24, 2.45) is 11.1 Å². The van der Waals surface area contributed by atoms with E-state index in [-0.39, 0.29) is 11.5 Å². The number of fused-ring (bicyclic) bond motifs is 1. The van der Waals surface area contributed by atoms with E-state index in [1.54, 1.807) is 0 Å². The maximum Gasteiger partial charge on any atom is 0.121 e. The maximum absolute atomic E-state index is 6.35. The molecule has 3 nitrogen and oxygen atoms in total. The van der Waals surface area contributed by atoms with Crippen molar-refractivity contribution in [2.75, 3.05) is 6.61 Å². The van der Waals surface area contributed by atoms with Crippen molar-refractivity contribution >= 4 is 0 Å². The number of rotatable bonds is 3. The van der Waals surface area contributed by atoms with E-state index in [0.29, 0.717) is 6.61 Å². The van der Waals surface area contributed by atoms with Crippen LogP contribution in [0.4, 0.5) is 0 Å². The van der Waals surface area contributed by atoms with Crippen molar-refractivity contribution in [3.63, 3.8) is 0 Å². The van der Waals surface area contributed by atoms with Crippen LogP contribution in [0.5, 0.6) is 5.75 Å². The number of hydrogen-bond donors (Lipinski definition) is 1. The number of ether oxygens (including phenoxy) is 1. The molecule has 112 valence electrons. The van der Waals surface area contributed by atoms with E-state index in [1.165, 1.54) is 11.3 Å². The third kappa shape index (κ3) is 2.70. The van der Waals surface area contributed by atoms with Crippen LogP contribution in [-0.4, -0.2) is 11.2 Å². The van der Waals surface area contributed by atoms with Crippen molar-refractivity contribution in [1.82, 2.24) is 4.57 Å². The number of nitrogens with two attached hydrogens (primary N) is 1. The van der Waals surface area contributed by atoms with Crippen LogP contribution in [0.25, 0.3) is 5.69 Å². The third-order valence-electron chi connectivity index (χ3n) is 4.25. The fourth-order valence-electron chi connectivity index (χ4n) is 3.37. The van der Waals surface area contributed by atoms with E-state index >= 15 is 0 Å². The molecule has 0 saturated heterocycles. The number of aromatic nitrogens is 1. The summed E-state index contributed by atoms with van der Waals surface area (Å²) in [4.78, 5) is 0. The third-order valence-corrected chi connectivity index (χ3v) is 4.25. The Balaban J connectivity index is 2.03. The van der Waals surface area contributed by atoms with Gasteiger partial charge in [0.2, 0.25) is 0 Å². The lowest BCUT2D eigenvalue weighted by atomic mass is 9.74. The topological polar surface area (TPSA) is 40.2 Å². The highest BCUT2D eigenvalue weighted by molar-refractivity contribution is 5.44. The van der Waals surface area contributed by atoms with Crippen molar-refractivity contribution in [3.05, 3.63) is 47.8 Å². The molecular weight excluding hydrogens is 260 g/mol. The number of nitrogens with zero attached hydrogens (tertiary/aromatic N) is 1. The van der Waals surface area contributed by atoms with Crippen molar-refractivity contribution in [2.45, 2.75) is 39.7 Å². The molecule has 21 heavy (non-hydrogen) atoms. The Morgan fingerprint density at radius 2 is 2.14 bits per heavy atom. The Morgan fingerprint density at radius 3 is 2.90 bits per heavy atom. The molecular formula is C18H24N2O. The zero-order valence-electron chi connectivity index (χ0n) is 13.1. The van der Waals surface area contributed by atoms with Crippen LogP contribution in [0.15, 0.2) is 36.5 Å². The van der Waals surface area contributed by atoms with E-state index in [1.807, 2.05) is 19.1 Å². The van der Waals surface area contributed by atoms with Gasteiger partial charge in [-0.25, -0.2) is 0 Å². The molecule has 0 radical (unpaired) electrons. The average molecular weight is 284 g/mol. The van der Waals surface area contributed by atoms with E-state index in [0.717, 1.165) is 24.3 Å². The van der Waals surface area contributed by atoms with Crippen molar-refractivity contribution < 1.29 is 4.74 Å². The lowest BCUT2D eigenvalue weighted by Gasteiger charge is -2.34. The molecule has 1 heterocycles. The Kier molecular flexibility index (Phi) is 3.54. The summed E-state index contributed by atoms with van der Waals surface area (Å²) in [7, 11) is 0. The summed E-state index contributed by atoms with van der Waals surface area (Å²) in [6.45, 7) is 7.28. The molecule has 1 atom stereocenters. The average Bonchev–Trinajstić information content (AvgIpc) is 2.82. The summed E-state index contributed by atoms with van der Waals surface area (Å²) in [5.41, 5.74) is 10.4. The Morgan fingerprint density at radius 1 is 1.33 bits per heavy atom. The lowest BCUT2D eigenvalue weighted by Crippen LogP contribution is -2.30. The van der Waals surface area contributed by atoms with Gasteiger partial charge in [0, 0.05) is 29.7 Å². The SMILES string of the molecule is CCOc1cccc(-n2ccc3c2CC(C)(C)CC3N)c1. The van der Waals surface area contributed by atoms with Gasteiger partial charge in [0.1, 0.15) is 5.75 Å². The molecule has 0 fully saturated rings. The molecule has 0 bridgehead atoms. The first-order chi connectivity index (χ1) is 10.00. The van der Waals surface area contributed by atoms with Gasteiger partial charge in [-0.1, -0.05) is 19.9 Å². The molecule has 2 aromatic rings. The van der Waals surface area contributed by atoms with Crippen molar-refractivity contribution in [3.8, 4) is 11.4 Å². The van der Waals surface area contributed by atoms with Crippen LogP contribution in [0, 0.1) is 5.41 Å². The minimum absolute atomic E-state index is 0.139. The Hall–Kier alpha value is -1.74. The van der Waals surface area contributed by atoms with E-state index < -0.39 is 0 Å². The van der Waals surface area contributed by atoms with Gasteiger partial charge >= 0.3 is 0 Å². The predicted octanol–water partition coefficient (Wildman–Crippen LogP) is 3.85. The van der Waals surface area contributed by atoms with Crippen LogP contribution in [-0.2, 0) is 6.42 Å². The van der Waals surface area contributed by atoms with E-state index in [9.17, 15) is 0 Å². The minimum atomic E-state index is 0.139. The zero-order valence-corrected chi connectivity index (χ0v) is 13.1. The van der Waals surface area contributed by atoms with E-state index in [4.69, 9.17) is 10.5 Å². The predicted molar refractivity (Wildman–Crippen MR) is 86.0 cm³/mol. The van der Waals surface area contributed by atoms with Gasteiger partial charge in [0.15, 0.2) is 0 Å². The summed E-state index contributed by atoms with van der Waals surface area (Å²) >= 11 is 0. The number of hydrogen-bond acceptors (Lipinski definition) is 2. The molecule has 1 aliphatic rings. The standard InChI is InChI=1S/C18H24N2O/c1-4-21-14-7-5-6-13(10-14)20-9-8-15-16(19)11-18(2,3)12-17(15)20/h5-10,16H,4,11-12,19H2,1-3H3. The van der Waals surface area contributed by atoms with Crippen LogP contribution in [0.3, 0.4) is 0 Å². The fourth-order valence-corrected chi connectivity index (χ4v) is 3.37. The molecule has 1 unspecified atom stereocenters. The maximum atomic E-state index is 6.35. The number of benzene rings is 1. The van der Waals surface area contributed by atoms with Crippen LogP contribution < -0.4 is 10.5 Å². The summed E-state index contributed by atoms with van der Waals surface area (Å²) in [5.74, 6) is 0.914. The van der Waals surface area contributed by atoms with Gasteiger partial charge in [-0.3, -0.25) is 0 Å². The first-order valence-electron chi connectivity index (χ1n) is 7.69. The molecule has 1 aliphatic carbocycles. The van der Waals surface area contributed by atoms with E-state index in [2.05, 4.69) is 42.8 Å². The second-order valence-electron chi connectivity index (χ2n) is 6.67. The molecule has 3 rings (SSSR count). The zero-order chi connectivity index (χ0) is 15.0. The van der Waals surface area contributed by atoms with Gasteiger partial charge in [-0.05, 0) is 48.9 Å². The Labute approximate surface area is 126 Å². The molecule has 0 amide bonds. The summed E-state index contributed by atoms with van der Waals surface area (Å²) < 4.78 is 7.88. The highest BCUT2D eigenvalue weighted by atomic mass is 16.5. The molecule has 1 aromatic carbocycles. The second kappa shape index (κ2) is 5.23. The Bertz CT molecular complexity index is 642. The van der Waals surface area contributed by atoms with Gasteiger partial charge in [-0.2, -0.15) is 0 Å². The van der Waals surface area contributed by atoms with Crippen LogP contribution >= 0.6 is 0 Å². The van der Waals surface area contributed by atoms with Crippen LogP contribution in [0.1, 0.15) is 44.5 Å². The lowest BCUT2D eigenvalue weighted by molar-refractivity contribution is 0.278. The smallest absolute Gasteiger partial charge is 0.121 e. The monoisotopic (exact) mass is 284 g/mol. The summed E-state index contributed by atoms with van der Waals surface area (Å²) in [5, 5.41) is 0. The van der Waals surface area contributed by atoms with Gasteiger partial charge in [0.05, 0.1) is 6.61 Å². The molecule has 3 heteroatoms. The summed E-state index contributed by atoms with van der Waals surface area (Å²) in [6.07, 6.45) is 4.24. The van der Waals surface area contributed by atoms with Crippen molar-refractivity contribution in [1.29, 1.82) is 0 Å². The highest BCUT2D eigenvalue weighted by Crippen LogP contribution is 2.40. The molecule has 2 N–H and O–H groups in total. The second-order valence-corrected chi connectivity index (χ2v) is 6.67. The molecule has 1 aromatic heterocycles. The van der Waals surface area contributed by atoms with Gasteiger partial charge in [0.25, 0.3) is 0 Å². The summed E-state index contributed by atoms with van der Waals surface area (Å²) in [6, 6.07) is 10.6. The minimum Gasteiger partial charge on any atom is -0.494 e. The van der Waals surface area contributed by atoms with Crippen LogP contribution in [0.2, 0.25) is 0 Å². The fraction of sp³-hybridized carbons (Fsp3) is 0.444. The normalized spacial score (nSPS) is 20.1. The first kappa shape index (κ1) is 14.2. The quantitative estimate of drug-likeness (QED) is 0.930. The van der Waals surface area contributed by atoms with Gasteiger partial charge < -0.3 is 15.0 Å². The molecule has 0 spiro atoms. The largest absolute Gasteiger partial charge is 0.494 e. The van der Waals surface area contributed by atoms with Gasteiger partial charge in [-0.15, -0.1) is 0 Å². The highest BCUT2D eigenvalue weighted by Gasteiger charge is 2.32.